The average Bonchev–Trinajstić information content (AvgIpc) is 3.30. The van der Waals surface area contributed by atoms with Crippen molar-refractivity contribution in [2.24, 2.45) is 0 Å². The lowest BCUT2D eigenvalue weighted by molar-refractivity contribution is -0.113. The summed E-state index contributed by atoms with van der Waals surface area (Å²) >= 11 is 1.44. The first kappa shape index (κ1) is 17.0. The Kier molecular flexibility index (Phi) is 4.88. The summed E-state index contributed by atoms with van der Waals surface area (Å²) in [5.41, 5.74) is 0.905. The summed E-state index contributed by atoms with van der Waals surface area (Å²) < 4.78 is 1.96. The molecule has 2 heterocycles. The monoisotopic (exact) mass is 367 g/mol. The van der Waals surface area contributed by atoms with E-state index < -0.39 is 0 Å². The topological polar surface area (TPSA) is 72.7 Å². The predicted octanol–water partition coefficient (Wildman–Crippen LogP) is 3.98. The van der Waals surface area contributed by atoms with Crippen molar-refractivity contribution in [3.8, 4) is 0 Å². The number of fused-ring (bicyclic) bond motifs is 1. The van der Waals surface area contributed by atoms with Gasteiger partial charge < -0.3 is 5.32 Å². The first-order valence-corrected chi connectivity index (χ1v) is 9.89. The molecule has 1 amide bonds. The molecule has 2 aromatic heterocycles. The van der Waals surface area contributed by atoms with Gasteiger partial charge in [0, 0.05) is 11.5 Å². The van der Waals surface area contributed by atoms with Crippen molar-refractivity contribution in [1.82, 2.24) is 19.7 Å². The maximum Gasteiger partial charge on any atom is 0.235 e. The van der Waals surface area contributed by atoms with E-state index in [9.17, 15) is 4.79 Å². The zero-order valence-electron chi connectivity index (χ0n) is 14.7. The molecule has 0 atom stereocenters. The third-order valence-corrected chi connectivity index (χ3v) is 5.62. The molecule has 0 spiro atoms. The fraction of sp³-hybridized carbons (Fsp3) is 0.368. The van der Waals surface area contributed by atoms with E-state index in [0.29, 0.717) is 17.6 Å². The highest BCUT2D eigenvalue weighted by molar-refractivity contribution is 8.00. The minimum Gasteiger partial charge on any atom is -0.310 e. The van der Waals surface area contributed by atoms with E-state index >= 15 is 0 Å². The molecule has 0 aliphatic heterocycles. The molecule has 1 aromatic carbocycles. The number of carbonyl (C=O) groups is 1. The fourth-order valence-electron chi connectivity index (χ4n) is 3.43. The van der Waals surface area contributed by atoms with Crippen LogP contribution in [0.1, 0.15) is 37.5 Å². The molecule has 1 N–H and O–H groups in total. The van der Waals surface area contributed by atoms with Crippen molar-refractivity contribution in [3.63, 3.8) is 0 Å². The van der Waals surface area contributed by atoms with Gasteiger partial charge in [0.25, 0.3) is 0 Å². The Labute approximate surface area is 156 Å². The maximum absolute atomic E-state index is 12.5. The van der Waals surface area contributed by atoms with Crippen molar-refractivity contribution in [1.29, 1.82) is 0 Å². The van der Waals surface area contributed by atoms with Gasteiger partial charge in [0.05, 0.1) is 23.5 Å². The maximum atomic E-state index is 12.5. The molecule has 7 heteroatoms. The van der Waals surface area contributed by atoms with E-state index in [1.165, 1.54) is 24.6 Å². The second-order valence-corrected chi connectivity index (χ2v) is 7.49. The first-order valence-electron chi connectivity index (χ1n) is 8.90. The van der Waals surface area contributed by atoms with Crippen LogP contribution >= 0.6 is 11.8 Å². The van der Waals surface area contributed by atoms with Crippen molar-refractivity contribution in [3.05, 3.63) is 42.4 Å². The van der Waals surface area contributed by atoms with Crippen LogP contribution in [-0.2, 0) is 4.79 Å². The molecule has 4 rings (SSSR count). The number of nitrogens with zero attached hydrogens (tertiary/aromatic N) is 4. The van der Waals surface area contributed by atoms with Crippen LogP contribution in [0.3, 0.4) is 0 Å². The molecule has 1 fully saturated rings. The largest absolute Gasteiger partial charge is 0.310 e. The molecule has 0 saturated heterocycles. The molecule has 1 aliphatic carbocycles. The van der Waals surface area contributed by atoms with Crippen molar-refractivity contribution in [2.75, 3.05) is 11.1 Å². The van der Waals surface area contributed by atoms with Crippen LogP contribution in [0.25, 0.3) is 10.9 Å². The van der Waals surface area contributed by atoms with Gasteiger partial charge in [-0.3, -0.25) is 4.79 Å². The number of thioether (sulfide) groups is 1. The number of rotatable bonds is 5. The number of nitrogens with one attached hydrogen (secondary N) is 1. The minimum absolute atomic E-state index is 0.0462. The number of amides is 1. The summed E-state index contributed by atoms with van der Waals surface area (Å²) in [7, 11) is 0. The minimum atomic E-state index is -0.0462. The van der Waals surface area contributed by atoms with Crippen LogP contribution in [0.5, 0.6) is 0 Å². The number of carbonyl (C=O) groups excluding carboxylic acids is 1. The normalized spacial score (nSPS) is 14.8. The van der Waals surface area contributed by atoms with Crippen LogP contribution in [0, 0.1) is 6.92 Å². The Morgan fingerprint density at radius 1 is 1.23 bits per heavy atom. The molecule has 6 nitrogen and oxygen atoms in total. The van der Waals surface area contributed by atoms with Gasteiger partial charge in [-0.05, 0) is 25.8 Å². The van der Waals surface area contributed by atoms with E-state index in [1.54, 1.807) is 6.20 Å². The number of anilines is 1. The summed E-state index contributed by atoms with van der Waals surface area (Å²) in [6, 6.07) is 10.1. The number of aromatic nitrogens is 4. The van der Waals surface area contributed by atoms with Gasteiger partial charge >= 0.3 is 0 Å². The lowest BCUT2D eigenvalue weighted by Gasteiger charge is -2.14. The molecule has 0 unspecified atom stereocenters. The Hall–Kier alpha value is -2.41. The second-order valence-electron chi connectivity index (χ2n) is 6.53. The SMILES string of the molecule is Cc1nc(SCC(=O)Nc2ccnn2C2CCCC2)c2ccccc2n1. The van der Waals surface area contributed by atoms with Crippen LogP contribution in [0.4, 0.5) is 5.82 Å². The average molecular weight is 367 g/mol. The Balaban J connectivity index is 1.45. The molecular weight excluding hydrogens is 346 g/mol. The van der Waals surface area contributed by atoms with Gasteiger partial charge in [0.1, 0.15) is 16.7 Å². The number of hydrogen-bond acceptors (Lipinski definition) is 5. The Morgan fingerprint density at radius 3 is 2.88 bits per heavy atom. The molecule has 3 aromatic rings. The van der Waals surface area contributed by atoms with E-state index in [4.69, 9.17) is 0 Å². The van der Waals surface area contributed by atoms with Gasteiger partial charge in [-0.2, -0.15) is 5.10 Å². The van der Waals surface area contributed by atoms with E-state index in [1.807, 2.05) is 41.9 Å². The number of benzene rings is 1. The van der Waals surface area contributed by atoms with E-state index in [2.05, 4.69) is 20.4 Å². The third-order valence-electron chi connectivity index (χ3n) is 4.63. The smallest absolute Gasteiger partial charge is 0.235 e. The summed E-state index contributed by atoms with van der Waals surface area (Å²) in [4.78, 5) is 21.4. The lowest BCUT2D eigenvalue weighted by Crippen LogP contribution is -2.19. The Morgan fingerprint density at radius 2 is 2.04 bits per heavy atom. The van der Waals surface area contributed by atoms with E-state index in [-0.39, 0.29) is 5.91 Å². The quantitative estimate of drug-likeness (QED) is 0.545. The fourth-order valence-corrected chi connectivity index (χ4v) is 4.30. The predicted molar refractivity (Wildman–Crippen MR) is 103 cm³/mol. The van der Waals surface area contributed by atoms with Crippen LogP contribution in [0.15, 0.2) is 41.6 Å². The standard InChI is InChI=1S/C19H21N5OS/c1-13-21-16-9-5-4-8-15(16)19(22-13)26-12-18(25)23-17-10-11-20-24(17)14-6-2-3-7-14/h4-5,8-11,14H,2-3,6-7,12H2,1H3,(H,23,25). The molecule has 1 aliphatic rings. The lowest BCUT2D eigenvalue weighted by atomic mass is 10.2. The summed E-state index contributed by atoms with van der Waals surface area (Å²) in [5, 5.41) is 9.21. The van der Waals surface area contributed by atoms with Crippen molar-refractivity contribution in [2.45, 2.75) is 43.7 Å². The van der Waals surface area contributed by atoms with Gasteiger partial charge in [0.2, 0.25) is 5.91 Å². The molecular formula is C19H21N5OS. The van der Waals surface area contributed by atoms with Crippen molar-refractivity contribution < 1.29 is 4.79 Å². The Bertz CT molecular complexity index is 933. The highest BCUT2D eigenvalue weighted by atomic mass is 32.2. The zero-order chi connectivity index (χ0) is 17.9. The number of aryl methyl sites for hydroxylation is 1. The second kappa shape index (κ2) is 7.45. The van der Waals surface area contributed by atoms with Gasteiger partial charge in [0.15, 0.2) is 0 Å². The molecule has 134 valence electrons. The van der Waals surface area contributed by atoms with Crippen molar-refractivity contribution >= 4 is 34.4 Å². The number of hydrogen-bond donors (Lipinski definition) is 1. The van der Waals surface area contributed by atoms with Crippen LogP contribution < -0.4 is 5.32 Å². The van der Waals surface area contributed by atoms with E-state index in [0.717, 1.165) is 34.6 Å². The van der Waals surface area contributed by atoms with Gasteiger partial charge in [-0.15, -0.1) is 0 Å². The molecule has 0 bridgehead atoms. The highest BCUT2D eigenvalue weighted by Gasteiger charge is 2.20. The first-order chi connectivity index (χ1) is 12.7. The summed E-state index contributed by atoms with van der Waals surface area (Å²) in [5.74, 6) is 1.75. The summed E-state index contributed by atoms with van der Waals surface area (Å²) in [6.07, 6.45) is 6.47. The zero-order valence-corrected chi connectivity index (χ0v) is 15.5. The van der Waals surface area contributed by atoms with Crippen LogP contribution in [0.2, 0.25) is 0 Å². The molecule has 26 heavy (non-hydrogen) atoms. The molecule has 1 saturated carbocycles. The third kappa shape index (κ3) is 3.58. The summed E-state index contributed by atoms with van der Waals surface area (Å²) in [6.45, 7) is 1.87. The van der Waals surface area contributed by atoms with Gasteiger partial charge in [-0.1, -0.05) is 42.8 Å². The number of para-hydroxylation sites is 1. The van der Waals surface area contributed by atoms with Gasteiger partial charge in [-0.25, -0.2) is 14.6 Å². The molecule has 0 radical (unpaired) electrons. The van der Waals surface area contributed by atoms with Crippen LogP contribution in [-0.4, -0.2) is 31.4 Å². The highest BCUT2D eigenvalue weighted by Crippen LogP contribution is 2.31.